The summed E-state index contributed by atoms with van der Waals surface area (Å²) in [5.41, 5.74) is 1.64. The van der Waals surface area contributed by atoms with Crippen LogP contribution in [0.25, 0.3) is 0 Å². The van der Waals surface area contributed by atoms with Gasteiger partial charge in [0.1, 0.15) is 0 Å². The maximum absolute atomic E-state index is 12.2. The van der Waals surface area contributed by atoms with Gasteiger partial charge in [0, 0.05) is 19.2 Å². The van der Waals surface area contributed by atoms with Gasteiger partial charge >= 0.3 is 5.97 Å². The van der Waals surface area contributed by atoms with Gasteiger partial charge < -0.3 is 14.8 Å². The minimum Gasteiger partial charge on any atom is -0.452 e. The summed E-state index contributed by atoms with van der Waals surface area (Å²) < 4.78 is 35.7. The number of nitrogens with one attached hydrogen (secondary N) is 1. The first kappa shape index (κ1) is 19.6. The molecule has 27 heavy (non-hydrogen) atoms. The molecule has 2 heterocycles. The fourth-order valence-corrected chi connectivity index (χ4v) is 4.80. The highest BCUT2D eigenvalue weighted by atomic mass is 32.2. The molecule has 3 rings (SSSR count). The lowest BCUT2D eigenvalue weighted by atomic mass is 10.1. The number of nitrogens with zero attached hydrogens (tertiary/aromatic N) is 1. The summed E-state index contributed by atoms with van der Waals surface area (Å²) in [6.45, 7) is 2.57. The fourth-order valence-electron chi connectivity index (χ4n) is 3.53. The largest absolute Gasteiger partial charge is 0.452 e. The van der Waals surface area contributed by atoms with Crippen LogP contribution in [-0.4, -0.2) is 58.5 Å². The van der Waals surface area contributed by atoms with Crippen molar-refractivity contribution in [3.63, 3.8) is 0 Å². The Kier molecular flexibility index (Phi) is 5.71. The normalized spacial score (nSPS) is 21.8. The molecule has 1 fully saturated rings. The van der Waals surface area contributed by atoms with Crippen molar-refractivity contribution in [2.75, 3.05) is 30.3 Å². The molecule has 9 heteroatoms. The van der Waals surface area contributed by atoms with Crippen LogP contribution in [0, 0.1) is 0 Å². The van der Waals surface area contributed by atoms with Crippen LogP contribution in [-0.2, 0) is 30.7 Å². The smallest absolute Gasteiger partial charge is 0.338 e. The number of fused-ring (bicyclic) bond motifs is 1. The van der Waals surface area contributed by atoms with Gasteiger partial charge in [-0.25, -0.2) is 13.2 Å². The number of carbonyl (C=O) groups excluding carboxylic acids is 2. The minimum absolute atomic E-state index is 0.0288. The number of carbonyl (C=O) groups is 2. The number of benzene rings is 1. The van der Waals surface area contributed by atoms with Crippen LogP contribution in [0.15, 0.2) is 18.2 Å². The highest BCUT2D eigenvalue weighted by Gasteiger charge is 2.33. The van der Waals surface area contributed by atoms with E-state index in [0.717, 1.165) is 24.7 Å². The molecule has 1 N–H and O–H groups in total. The number of hydrogen-bond acceptors (Lipinski definition) is 6. The standard InChI is InChI=1S/C18H24N2O6S/c1-12-8-14-9-13(5-6-16(14)20(12)27(2,23)24)18(22)26-11-17(21)19-10-15-4-3-7-25-15/h5-6,9,12,15H,3-4,7-8,10-11H2,1-2H3,(H,19,21)/t12-,15-/m0/s1. The van der Waals surface area contributed by atoms with E-state index < -0.39 is 16.0 Å². The Morgan fingerprint density at radius 2 is 2.15 bits per heavy atom. The molecule has 1 saturated heterocycles. The number of sulfonamides is 1. The zero-order chi connectivity index (χ0) is 19.6. The molecular weight excluding hydrogens is 372 g/mol. The average molecular weight is 396 g/mol. The maximum atomic E-state index is 12.2. The lowest BCUT2D eigenvalue weighted by Gasteiger charge is -2.21. The van der Waals surface area contributed by atoms with E-state index in [2.05, 4.69) is 5.32 Å². The topological polar surface area (TPSA) is 102 Å². The number of amides is 1. The second-order valence-corrected chi connectivity index (χ2v) is 8.83. The minimum atomic E-state index is -3.38. The van der Waals surface area contributed by atoms with Crippen molar-refractivity contribution in [2.45, 2.75) is 38.3 Å². The van der Waals surface area contributed by atoms with Gasteiger partial charge in [0.05, 0.1) is 23.6 Å². The van der Waals surface area contributed by atoms with Gasteiger partial charge in [-0.05, 0) is 49.9 Å². The zero-order valence-electron chi connectivity index (χ0n) is 15.4. The lowest BCUT2D eigenvalue weighted by Crippen LogP contribution is -2.34. The number of esters is 1. The zero-order valence-corrected chi connectivity index (χ0v) is 16.3. The first-order valence-corrected chi connectivity index (χ1v) is 10.8. The van der Waals surface area contributed by atoms with E-state index in [1.54, 1.807) is 12.1 Å². The molecule has 0 bridgehead atoms. The molecule has 8 nitrogen and oxygen atoms in total. The fraction of sp³-hybridized carbons (Fsp3) is 0.556. The SMILES string of the molecule is C[C@H]1Cc2cc(C(=O)OCC(=O)NC[C@@H]3CCCO3)ccc2N1S(C)(=O)=O. The van der Waals surface area contributed by atoms with Gasteiger partial charge in [-0.3, -0.25) is 9.10 Å². The highest BCUT2D eigenvalue weighted by molar-refractivity contribution is 7.92. The third-order valence-corrected chi connectivity index (χ3v) is 5.98. The molecule has 0 aromatic heterocycles. The molecule has 2 aliphatic rings. The van der Waals surface area contributed by atoms with Crippen LogP contribution >= 0.6 is 0 Å². The van der Waals surface area contributed by atoms with Crippen molar-refractivity contribution >= 4 is 27.6 Å². The van der Waals surface area contributed by atoms with Crippen molar-refractivity contribution in [1.29, 1.82) is 0 Å². The van der Waals surface area contributed by atoms with E-state index >= 15 is 0 Å². The van der Waals surface area contributed by atoms with Crippen LogP contribution in [0.3, 0.4) is 0 Å². The Morgan fingerprint density at radius 3 is 2.81 bits per heavy atom. The molecule has 0 spiro atoms. The van der Waals surface area contributed by atoms with Crippen molar-refractivity contribution in [3.05, 3.63) is 29.3 Å². The predicted molar refractivity (Wildman–Crippen MR) is 99.2 cm³/mol. The summed E-state index contributed by atoms with van der Waals surface area (Å²) >= 11 is 0. The first-order valence-electron chi connectivity index (χ1n) is 8.93. The Hall–Kier alpha value is -2.13. The van der Waals surface area contributed by atoms with Gasteiger partial charge in [0.25, 0.3) is 5.91 Å². The molecule has 0 saturated carbocycles. The van der Waals surface area contributed by atoms with E-state index in [0.29, 0.717) is 30.8 Å². The van der Waals surface area contributed by atoms with Crippen LogP contribution in [0.5, 0.6) is 0 Å². The molecule has 2 atom stereocenters. The molecule has 2 aliphatic heterocycles. The summed E-state index contributed by atoms with van der Waals surface area (Å²) in [6, 6.07) is 4.55. The lowest BCUT2D eigenvalue weighted by molar-refractivity contribution is -0.124. The molecule has 148 valence electrons. The van der Waals surface area contributed by atoms with Crippen molar-refractivity contribution in [1.82, 2.24) is 5.32 Å². The number of anilines is 1. The summed E-state index contributed by atoms with van der Waals surface area (Å²) in [7, 11) is -3.38. The van der Waals surface area contributed by atoms with Gasteiger partial charge in [-0.15, -0.1) is 0 Å². The summed E-state index contributed by atoms with van der Waals surface area (Å²) in [5, 5.41) is 2.69. The third-order valence-electron chi connectivity index (χ3n) is 4.71. The van der Waals surface area contributed by atoms with E-state index in [4.69, 9.17) is 9.47 Å². The summed E-state index contributed by atoms with van der Waals surface area (Å²) in [5.74, 6) is -0.993. The van der Waals surface area contributed by atoms with Crippen LogP contribution < -0.4 is 9.62 Å². The van der Waals surface area contributed by atoms with Crippen LogP contribution in [0.4, 0.5) is 5.69 Å². The first-order chi connectivity index (χ1) is 12.8. The molecule has 1 aromatic carbocycles. The maximum Gasteiger partial charge on any atom is 0.338 e. The molecular formula is C18H24N2O6S. The summed E-state index contributed by atoms with van der Waals surface area (Å²) in [4.78, 5) is 24.0. The average Bonchev–Trinajstić information content (AvgIpc) is 3.22. The van der Waals surface area contributed by atoms with Crippen molar-refractivity contribution in [3.8, 4) is 0 Å². The number of hydrogen-bond donors (Lipinski definition) is 1. The van der Waals surface area contributed by atoms with Crippen molar-refractivity contribution < 1.29 is 27.5 Å². The van der Waals surface area contributed by atoms with E-state index in [9.17, 15) is 18.0 Å². The van der Waals surface area contributed by atoms with E-state index in [1.807, 2.05) is 6.92 Å². The Balaban J connectivity index is 1.56. The molecule has 0 unspecified atom stereocenters. The monoisotopic (exact) mass is 396 g/mol. The molecule has 1 amide bonds. The number of rotatable bonds is 6. The second kappa shape index (κ2) is 7.85. The summed E-state index contributed by atoms with van der Waals surface area (Å²) in [6.07, 6.45) is 3.61. The molecule has 1 aromatic rings. The number of ether oxygens (including phenoxy) is 2. The Bertz CT molecular complexity index is 832. The molecule has 0 aliphatic carbocycles. The third kappa shape index (κ3) is 4.59. The van der Waals surface area contributed by atoms with Crippen LogP contribution in [0.2, 0.25) is 0 Å². The molecule has 0 radical (unpaired) electrons. The van der Waals surface area contributed by atoms with Crippen molar-refractivity contribution in [2.24, 2.45) is 0 Å². The van der Waals surface area contributed by atoms with E-state index in [-0.39, 0.29) is 24.7 Å². The van der Waals surface area contributed by atoms with E-state index in [1.165, 1.54) is 10.4 Å². The highest BCUT2D eigenvalue weighted by Crippen LogP contribution is 2.34. The second-order valence-electron chi connectivity index (χ2n) is 6.97. The van der Waals surface area contributed by atoms with Gasteiger partial charge in [-0.1, -0.05) is 0 Å². The Morgan fingerprint density at radius 1 is 1.37 bits per heavy atom. The van der Waals surface area contributed by atoms with Gasteiger partial charge in [-0.2, -0.15) is 0 Å². The Labute approximate surface area is 158 Å². The van der Waals surface area contributed by atoms with Gasteiger partial charge in [0.15, 0.2) is 6.61 Å². The predicted octanol–water partition coefficient (Wildman–Crippen LogP) is 0.849. The van der Waals surface area contributed by atoms with Crippen LogP contribution in [0.1, 0.15) is 35.7 Å². The quantitative estimate of drug-likeness (QED) is 0.716. The van der Waals surface area contributed by atoms with Gasteiger partial charge in [0.2, 0.25) is 10.0 Å².